The topological polar surface area (TPSA) is 25.8 Å². The molecule has 0 saturated carbocycles. The highest BCUT2D eigenvalue weighted by molar-refractivity contribution is 6.14. The summed E-state index contributed by atoms with van der Waals surface area (Å²) in [4.78, 5) is 9.83. The number of para-hydroxylation sites is 1. The quantitative estimate of drug-likeness (QED) is 0.167. The molecule has 1 heterocycles. The minimum Gasteiger partial charge on any atom is -0.244 e. The van der Waals surface area contributed by atoms with Crippen LogP contribution in [0.1, 0.15) is 16.7 Å². The average Bonchev–Trinajstić information content (AvgIpc) is 3.40. The van der Waals surface area contributed by atoms with Crippen molar-refractivity contribution in [2.75, 3.05) is 0 Å². The molecular formula is C43H36N2. The summed E-state index contributed by atoms with van der Waals surface area (Å²) in [5.74, 6) is 0. The predicted octanol–water partition coefficient (Wildman–Crippen LogP) is 11.8. The summed E-state index contributed by atoms with van der Waals surface area (Å²) < 4.78 is 0. The molecule has 0 aliphatic heterocycles. The Bertz CT molecular complexity index is 2200. The van der Waals surface area contributed by atoms with E-state index in [0.717, 1.165) is 22.4 Å². The van der Waals surface area contributed by atoms with Crippen molar-refractivity contribution >= 4 is 43.4 Å². The highest BCUT2D eigenvalue weighted by Crippen LogP contribution is 2.45. The number of hydrogen-bond acceptors (Lipinski definition) is 2. The van der Waals surface area contributed by atoms with Crippen molar-refractivity contribution in [1.29, 1.82) is 0 Å². The van der Waals surface area contributed by atoms with Crippen LogP contribution in [-0.2, 0) is 0 Å². The highest BCUT2D eigenvalue weighted by Gasteiger charge is 2.24. The lowest BCUT2D eigenvalue weighted by Gasteiger charge is -2.05. The number of hydrogen-bond donors (Lipinski definition) is 0. The lowest BCUT2D eigenvalue weighted by molar-refractivity contribution is 1.29. The third-order valence-corrected chi connectivity index (χ3v) is 8.33. The van der Waals surface area contributed by atoms with E-state index in [1.807, 2.05) is 12.1 Å². The lowest BCUT2D eigenvalue weighted by Crippen LogP contribution is -1.92. The largest absolute Gasteiger partial charge is 0.244 e. The Morgan fingerprint density at radius 2 is 0.822 bits per heavy atom. The molecule has 2 heteroatoms. The van der Waals surface area contributed by atoms with Gasteiger partial charge in [-0.1, -0.05) is 133 Å². The van der Waals surface area contributed by atoms with Gasteiger partial charge in [0.05, 0.1) is 22.4 Å². The van der Waals surface area contributed by atoms with Crippen LogP contribution >= 0.6 is 0 Å². The Kier molecular flexibility index (Phi) is 8.48. The van der Waals surface area contributed by atoms with Crippen LogP contribution < -0.4 is 0 Å². The predicted molar refractivity (Wildman–Crippen MR) is 195 cm³/mol. The van der Waals surface area contributed by atoms with E-state index < -0.39 is 0 Å². The van der Waals surface area contributed by atoms with Crippen molar-refractivity contribution < 1.29 is 0 Å². The van der Waals surface area contributed by atoms with Crippen LogP contribution in [0.4, 0.5) is 0 Å². The zero-order valence-corrected chi connectivity index (χ0v) is 26.1. The summed E-state index contributed by atoms with van der Waals surface area (Å²) in [6, 6.07) is 48.6. The van der Waals surface area contributed by atoms with Gasteiger partial charge in [-0.15, -0.1) is 13.2 Å². The molecule has 8 aromatic rings. The van der Waals surface area contributed by atoms with Gasteiger partial charge in [-0.25, -0.2) is 9.97 Å². The van der Waals surface area contributed by atoms with Gasteiger partial charge in [0.15, 0.2) is 0 Å². The standard InChI is InChI=1S/C19H12N2.2C11H10.C2H4/c1-11-5-2-10-15-17(11)21-19-14-9-4-7-12-6-3-8-13(16(12)14)18(19)20-15;2*1-9-5-4-7-10-6-2-3-8-11(9)10;1-2/h2-10H,1H3;2*2-8H,1H3;1-2H2. The fourth-order valence-electron chi connectivity index (χ4n) is 6.10. The Morgan fingerprint density at radius 1 is 0.400 bits per heavy atom. The summed E-state index contributed by atoms with van der Waals surface area (Å²) in [6.45, 7) is 12.4. The Labute approximate surface area is 265 Å². The zero-order chi connectivity index (χ0) is 31.3. The Morgan fingerprint density at radius 3 is 1.38 bits per heavy atom. The molecule has 218 valence electrons. The maximum absolute atomic E-state index is 4.93. The van der Waals surface area contributed by atoms with Gasteiger partial charge in [0.2, 0.25) is 0 Å². The van der Waals surface area contributed by atoms with E-state index in [1.165, 1.54) is 60.1 Å². The van der Waals surface area contributed by atoms with Crippen molar-refractivity contribution in [2.45, 2.75) is 20.8 Å². The van der Waals surface area contributed by atoms with Crippen molar-refractivity contribution in [1.82, 2.24) is 9.97 Å². The van der Waals surface area contributed by atoms with Crippen molar-refractivity contribution in [3.8, 4) is 22.5 Å². The first-order chi connectivity index (χ1) is 22.1. The Balaban J connectivity index is 0.000000126. The van der Waals surface area contributed by atoms with Crippen molar-refractivity contribution in [3.63, 3.8) is 0 Å². The third kappa shape index (κ3) is 5.71. The third-order valence-electron chi connectivity index (χ3n) is 8.33. The summed E-state index contributed by atoms with van der Waals surface area (Å²) in [5, 5.41) is 7.90. The van der Waals surface area contributed by atoms with Gasteiger partial charge < -0.3 is 0 Å². The molecule has 2 nitrogen and oxygen atoms in total. The number of benzene rings is 7. The van der Waals surface area contributed by atoms with E-state index in [9.17, 15) is 0 Å². The normalized spacial score (nSPS) is 10.7. The molecule has 45 heavy (non-hydrogen) atoms. The molecule has 0 unspecified atom stereocenters. The molecule has 1 aromatic heterocycles. The van der Waals surface area contributed by atoms with E-state index in [1.54, 1.807) is 0 Å². The molecule has 1 aliphatic rings. The van der Waals surface area contributed by atoms with E-state index >= 15 is 0 Å². The van der Waals surface area contributed by atoms with Crippen LogP contribution in [0.5, 0.6) is 0 Å². The first-order valence-corrected chi connectivity index (χ1v) is 15.3. The first-order valence-electron chi connectivity index (χ1n) is 15.3. The number of aromatic nitrogens is 2. The molecule has 0 radical (unpaired) electrons. The molecule has 0 atom stereocenters. The zero-order valence-electron chi connectivity index (χ0n) is 26.1. The molecule has 7 aromatic carbocycles. The van der Waals surface area contributed by atoms with Crippen LogP contribution in [0.3, 0.4) is 0 Å². The fourth-order valence-corrected chi connectivity index (χ4v) is 6.10. The summed E-state index contributed by atoms with van der Waals surface area (Å²) >= 11 is 0. The van der Waals surface area contributed by atoms with Crippen LogP contribution in [0.25, 0.3) is 65.9 Å². The van der Waals surface area contributed by atoms with Gasteiger partial charge in [0.25, 0.3) is 0 Å². The Hall–Kier alpha value is -5.60. The average molecular weight is 581 g/mol. The first kappa shape index (κ1) is 29.5. The van der Waals surface area contributed by atoms with Gasteiger partial charge in [0, 0.05) is 16.5 Å². The molecule has 1 aliphatic carbocycles. The van der Waals surface area contributed by atoms with E-state index in [0.29, 0.717) is 0 Å². The maximum Gasteiger partial charge on any atom is 0.0979 e. The van der Waals surface area contributed by atoms with Gasteiger partial charge in [0.1, 0.15) is 0 Å². The fraction of sp³-hybridized carbons (Fsp3) is 0.0698. The second-order valence-corrected chi connectivity index (χ2v) is 11.2. The number of aryl methyl sites for hydroxylation is 3. The monoisotopic (exact) mass is 580 g/mol. The summed E-state index contributed by atoms with van der Waals surface area (Å²) in [6.07, 6.45) is 0. The molecule has 0 amide bonds. The van der Waals surface area contributed by atoms with E-state index in [4.69, 9.17) is 9.97 Å². The van der Waals surface area contributed by atoms with E-state index in [-0.39, 0.29) is 0 Å². The number of rotatable bonds is 0. The van der Waals surface area contributed by atoms with Crippen LogP contribution in [0, 0.1) is 20.8 Å². The molecule has 0 fully saturated rings. The molecule has 0 spiro atoms. The molecular weight excluding hydrogens is 544 g/mol. The van der Waals surface area contributed by atoms with Gasteiger partial charge in [-0.2, -0.15) is 0 Å². The van der Waals surface area contributed by atoms with Crippen molar-refractivity contribution in [3.05, 3.63) is 169 Å². The van der Waals surface area contributed by atoms with Gasteiger partial charge in [-0.05, 0) is 70.5 Å². The molecule has 0 N–H and O–H groups in total. The second kappa shape index (κ2) is 13.0. The number of fused-ring (bicyclic) bond motifs is 6. The smallest absolute Gasteiger partial charge is 0.0979 e. The molecule has 9 rings (SSSR count). The second-order valence-electron chi connectivity index (χ2n) is 11.2. The number of nitrogens with zero attached hydrogens (tertiary/aromatic N) is 2. The van der Waals surface area contributed by atoms with Gasteiger partial charge >= 0.3 is 0 Å². The van der Waals surface area contributed by atoms with Gasteiger partial charge in [-0.3, -0.25) is 0 Å². The minimum atomic E-state index is 0.971. The summed E-state index contributed by atoms with van der Waals surface area (Å²) in [5.41, 5.74) is 10.3. The highest BCUT2D eigenvalue weighted by atomic mass is 14.8. The van der Waals surface area contributed by atoms with Crippen LogP contribution in [-0.4, -0.2) is 9.97 Å². The van der Waals surface area contributed by atoms with E-state index in [2.05, 4.69) is 161 Å². The SMILES string of the molecule is C=C.Cc1cccc2ccccc12.Cc1cccc2ccccc12.Cc1cccc2nc3c(nc12)-c1cccc2cccc-3c12. The van der Waals surface area contributed by atoms with Crippen LogP contribution in [0.2, 0.25) is 0 Å². The maximum atomic E-state index is 4.93. The van der Waals surface area contributed by atoms with Crippen LogP contribution in [0.15, 0.2) is 153 Å². The van der Waals surface area contributed by atoms with Crippen molar-refractivity contribution in [2.24, 2.45) is 0 Å². The molecule has 0 bridgehead atoms. The molecule has 0 saturated heterocycles. The summed E-state index contributed by atoms with van der Waals surface area (Å²) in [7, 11) is 0. The lowest BCUT2D eigenvalue weighted by atomic mass is 10.0. The minimum absolute atomic E-state index is 0.971.